The largest absolute Gasteiger partial charge is 0.481 e. The van der Waals surface area contributed by atoms with Crippen LogP contribution in [-0.4, -0.2) is 96.9 Å². The van der Waals surface area contributed by atoms with Gasteiger partial charge in [-0.15, -0.1) is 0 Å². The zero-order valence-electron chi connectivity index (χ0n) is 47.5. The number of nitrogens with two attached hydrogens (primary N) is 1. The van der Waals surface area contributed by atoms with Gasteiger partial charge in [0.15, 0.2) is 12.3 Å². The first-order valence-electron chi connectivity index (χ1n) is 29.5. The summed E-state index contributed by atoms with van der Waals surface area (Å²) in [6, 6.07) is 1.24. The highest BCUT2D eigenvalue weighted by molar-refractivity contribution is 7.61. The summed E-state index contributed by atoms with van der Waals surface area (Å²) in [5.41, 5.74) is 4.59. The molecule has 0 saturated carbocycles. The van der Waals surface area contributed by atoms with Gasteiger partial charge >= 0.3 is 33.3 Å². The van der Waals surface area contributed by atoms with Gasteiger partial charge in [0.1, 0.15) is 30.7 Å². The third-order valence-electron chi connectivity index (χ3n) is 13.9. The second kappa shape index (κ2) is 43.6. The number of ether oxygens (including phenoxy) is 3. The fraction of sp³-hybridized carbons (Fsp3) is 0.789. The van der Waals surface area contributed by atoms with E-state index in [1.54, 1.807) is 12.2 Å². The smallest absolute Gasteiger partial charge is 0.462 e. The third-order valence-corrected chi connectivity index (χ3v) is 16.5. The summed E-state index contributed by atoms with van der Waals surface area (Å²) in [6.07, 6.45) is 38.1. The molecule has 21 heteroatoms. The molecule has 2 heterocycles. The van der Waals surface area contributed by atoms with E-state index in [2.05, 4.69) is 42.2 Å². The Kier molecular flexibility index (Phi) is 39.8. The molecule has 1 saturated heterocycles. The predicted octanol–water partition coefficient (Wildman–Crippen LogP) is 12.3. The molecule has 450 valence electrons. The van der Waals surface area contributed by atoms with Gasteiger partial charge in [0, 0.05) is 19.0 Å². The van der Waals surface area contributed by atoms with Crippen LogP contribution in [0.5, 0.6) is 0 Å². The summed E-state index contributed by atoms with van der Waals surface area (Å²) in [5, 5.41) is 31.4. The van der Waals surface area contributed by atoms with Gasteiger partial charge in [0.25, 0.3) is 0 Å². The standard InChI is InChI=1S/C57H101N3O16P2/c1-4-6-7-8-9-10-11-18-22-25-28-31-34-38-48(61)39-36-41-53(63)74-49(44-71-52(62)40-35-32-29-26-23-20-17-15-13-12-14-16-19-21-24-27-30-33-37-47(3)5-2)45-72-77(67,68)76-78(69,70)73-46-50-54(64)55(65)56(75-50)60-43-42-51(58)59-57(60)66/h18,22,28,31,34,38,42-43,47-50,54-56,61,64-65H,4-17,19-21,23-27,29-30,32-33,35-37,39-41,44-46H2,1-3H3,(H,67,68)(H,69,70)(H2,58,59,66)/b22-18+,31-28+,38-34+/t47?,48?,49-,50-,54-,55-,56-/m1/s1. The van der Waals surface area contributed by atoms with Crippen molar-refractivity contribution in [3.05, 3.63) is 59.2 Å². The van der Waals surface area contributed by atoms with Crippen LogP contribution in [0.25, 0.3) is 0 Å². The molecular formula is C57H101N3O16P2. The zero-order valence-corrected chi connectivity index (χ0v) is 49.3. The summed E-state index contributed by atoms with van der Waals surface area (Å²) in [5.74, 6) is -0.623. The molecule has 0 radical (unpaired) electrons. The van der Waals surface area contributed by atoms with Gasteiger partial charge < -0.3 is 45.1 Å². The molecule has 4 unspecified atom stereocenters. The Balaban J connectivity index is 1.78. The van der Waals surface area contributed by atoms with Crippen molar-refractivity contribution >= 4 is 33.4 Å². The number of hydrogen-bond acceptors (Lipinski definition) is 16. The maximum Gasteiger partial charge on any atom is 0.481 e. The van der Waals surface area contributed by atoms with Crippen molar-refractivity contribution in [2.75, 3.05) is 25.6 Å². The molecule has 0 amide bonds. The predicted molar refractivity (Wildman–Crippen MR) is 304 cm³/mol. The molecule has 0 bridgehead atoms. The van der Waals surface area contributed by atoms with Gasteiger partial charge in [0.2, 0.25) is 0 Å². The zero-order chi connectivity index (χ0) is 57.3. The molecule has 7 N–H and O–H groups in total. The van der Waals surface area contributed by atoms with E-state index in [4.69, 9.17) is 29.0 Å². The lowest BCUT2D eigenvalue weighted by Crippen LogP contribution is -2.36. The van der Waals surface area contributed by atoms with Crippen molar-refractivity contribution in [2.45, 2.75) is 263 Å². The van der Waals surface area contributed by atoms with E-state index >= 15 is 0 Å². The van der Waals surface area contributed by atoms with E-state index in [0.29, 0.717) is 6.42 Å². The van der Waals surface area contributed by atoms with Crippen LogP contribution in [0, 0.1) is 5.92 Å². The molecule has 1 aliphatic heterocycles. The summed E-state index contributed by atoms with van der Waals surface area (Å²) in [6.45, 7) is 4.38. The monoisotopic (exact) mass is 1150 g/mol. The van der Waals surface area contributed by atoms with E-state index in [0.717, 1.165) is 55.2 Å². The minimum atomic E-state index is -5.47. The van der Waals surface area contributed by atoms with Crippen LogP contribution < -0.4 is 11.4 Å². The maximum absolute atomic E-state index is 12.9. The molecule has 0 aliphatic carbocycles. The van der Waals surface area contributed by atoms with E-state index in [1.807, 2.05) is 12.2 Å². The van der Waals surface area contributed by atoms with Crippen LogP contribution in [0.15, 0.2) is 53.5 Å². The number of esters is 2. The second-order valence-electron chi connectivity index (χ2n) is 20.9. The van der Waals surface area contributed by atoms with Crippen molar-refractivity contribution in [2.24, 2.45) is 5.92 Å². The van der Waals surface area contributed by atoms with Gasteiger partial charge in [-0.3, -0.25) is 23.2 Å². The molecule has 1 aliphatic rings. The number of aliphatic hydroxyl groups is 3. The lowest BCUT2D eigenvalue weighted by Gasteiger charge is -2.21. The van der Waals surface area contributed by atoms with E-state index < -0.39 is 89.8 Å². The molecule has 78 heavy (non-hydrogen) atoms. The van der Waals surface area contributed by atoms with Gasteiger partial charge in [-0.05, 0) is 50.5 Å². The molecular weight excluding hydrogens is 1040 g/mol. The number of carbonyl (C=O) groups excluding carboxylic acids is 2. The summed E-state index contributed by atoms with van der Waals surface area (Å²) < 4.78 is 56.8. The van der Waals surface area contributed by atoms with E-state index in [9.17, 15) is 48.6 Å². The number of nitrogens with zero attached hydrogens (tertiary/aromatic N) is 2. The molecule has 1 aromatic heterocycles. The topological polar surface area (TPSA) is 286 Å². The molecule has 2 rings (SSSR count). The Morgan fingerprint density at radius 1 is 0.718 bits per heavy atom. The fourth-order valence-corrected chi connectivity index (χ4v) is 11.0. The molecule has 0 spiro atoms. The highest BCUT2D eigenvalue weighted by Crippen LogP contribution is 2.60. The SMILES string of the molecule is CCCCCCCC/C=C/C/C=C/C=C/C(O)CCCC(=O)O[C@H](COC(=O)CCCCCCCCCCCCCCCCCCCCC(C)CC)COP(=O)(O)OP(=O)(O)OC[C@H]1O[C@@H](n2ccc(N)nc2=O)[C@H](O)[C@@H]1O. The normalized spacial score (nSPS) is 19.6. The molecule has 1 fully saturated rings. The minimum absolute atomic E-state index is 0.0912. The van der Waals surface area contributed by atoms with Crippen LogP contribution in [0.4, 0.5) is 5.82 Å². The number of carbonyl (C=O) groups is 2. The number of hydrogen-bond donors (Lipinski definition) is 6. The van der Waals surface area contributed by atoms with Crippen molar-refractivity contribution in [1.82, 2.24) is 9.55 Å². The Bertz CT molecular complexity index is 1990. The summed E-state index contributed by atoms with van der Waals surface area (Å²) in [4.78, 5) is 62.2. The number of rotatable bonds is 49. The first-order valence-corrected chi connectivity index (χ1v) is 32.5. The number of anilines is 1. The quantitative estimate of drug-likeness (QED) is 0.0116. The van der Waals surface area contributed by atoms with Crippen LogP contribution in [0.2, 0.25) is 0 Å². The Hall–Kier alpha value is -3.06. The number of allylic oxidation sites excluding steroid dienone is 5. The second-order valence-corrected chi connectivity index (χ2v) is 24.0. The number of phosphoric ester groups is 2. The number of nitrogen functional groups attached to an aromatic ring is 1. The highest BCUT2D eigenvalue weighted by atomic mass is 31.3. The van der Waals surface area contributed by atoms with Crippen molar-refractivity contribution in [3.63, 3.8) is 0 Å². The van der Waals surface area contributed by atoms with Gasteiger partial charge in [0.05, 0.1) is 19.3 Å². The first-order chi connectivity index (χ1) is 37.5. The van der Waals surface area contributed by atoms with Crippen LogP contribution in [0.1, 0.15) is 232 Å². The molecule has 19 nitrogen and oxygen atoms in total. The first kappa shape index (κ1) is 71.0. The molecule has 1 aromatic rings. The van der Waals surface area contributed by atoms with E-state index in [-0.39, 0.29) is 31.5 Å². The van der Waals surface area contributed by atoms with Crippen molar-refractivity contribution in [3.8, 4) is 0 Å². The molecule has 9 atom stereocenters. The molecule has 0 aromatic carbocycles. The number of aliphatic hydroxyl groups excluding tert-OH is 3. The van der Waals surface area contributed by atoms with Crippen LogP contribution in [0.3, 0.4) is 0 Å². The number of phosphoric acid groups is 2. The highest BCUT2D eigenvalue weighted by Gasteiger charge is 2.46. The van der Waals surface area contributed by atoms with Crippen LogP contribution in [-0.2, 0) is 46.3 Å². The van der Waals surface area contributed by atoms with Gasteiger partial charge in [-0.25, -0.2) is 13.9 Å². The van der Waals surface area contributed by atoms with Gasteiger partial charge in [-0.1, -0.05) is 211 Å². The van der Waals surface area contributed by atoms with Crippen LogP contribution >= 0.6 is 15.6 Å². The van der Waals surface area contributed by atoms with Gasteiger partial charge in [-0.2, -0.15) is 9.29 Å². The minimum Gasteiger partial charge on any atom is -0.462 e. The number of aromatic nitrogens is 2. The summed E-state index contributed by atoms with van der Waals surface area (Å²) in [7, 11) is -10.9. The summed E-state index contributed by atoms with van der Waals surface area (Å²) >= 11 is 0. The maximum atomic E-state index is 12.9. The third kappa shape index (κ3) is 35.6. The Morgan fingerprint density at radius 2 is 1.28 bits per heavy atom. The number of unbranched alkanes of at least 4 members (excludes halogenated alkanes) is 23. The average molecular weight is 1150 g/mol. The Morgan fingerprint density at radius 3 is 1.88 bits per heavy atom. The Labute approximate surface area is 466 Å². The lowest BCUT2D eigenvalue weighted by atomic mass is 9.99. The fourth-order valence-electron chi connectivity index (χ4n) is 8.89. The lowest BCUT2D eigenvalue weighted by molar-refractivity contribution is -0.161. The van der Waals surface area contributed by atoms with Crippen molar-refractivity contribution < 1.29 is 71.4 Å². The van der Waals surface area contributed by atoms with E-state index in [1.165, 1.54) is 141 Å². The van der Waals surface area contributed by atoms with Crippen molar-refractivity contribution in [1.29, 1.82) is 0 Å². The average Bonchev–Trinajstić information content (AvgIpc) is 3.70.